The summed E-state index contributed by atoms with van der Waals surface area (Å²) in [5.74, 6) is 0.609. The van der Waals surface area contributed by atoms with Crippen LogP contribution in [0.5, 0.6) is 5.75 Å². The number of epoxide rings is 1. The third kappa shape index (κ3) is 2.43. The predicted molar refractivity (Wildman–Crippen MR) is 89.9 cm³/mol. The number of esters is 1. The summed E-state index contributed by atoms with van der Waals surface area (Å²) in [6.45, 7) is 0. The molecule has 3 aliphatic rings. The summed E-state index contributed by atoms with van der Waals surface area (Å²) < 4.78 is 17.4. The second kappa shape index (κ2) is 6.07. The zero-order chi connectivity index (χ0) is 16.6. The summed E-state index contributed by atoms with van der Waals surface area (Å²) >= 11 is 0. The van der Waals surface area contributed by atoms with Gasteiger partial charge in [0.05, 0.1) is 7.11 Å². The molecule has 1 atom stereocenters. The molecule has 0 radical (unpaired) electrons. The van der Waals surface area contributed by atoms with Crippen LogP contribution in [-0.2, 0) is 19.9 Å². The van der Waals surface area contributed by atoms with Gasteiger partial charge in [-0.05, 0) is 56.2 Å². The molecule has 0 amide bonds. The Morgan fingerprint density at radius 2 is 1.71 bits per heavy atom. The van der Waals surface area contributed by atoms with Gasteiger partial charge in [0.25, 0.3) is 0 Å². The number of carbonyl (C=O) groups is 1. The Hall–Kier alpha value is -1.55. The van der Waals surface area contributed by atoms with E-state index in [4.69, 9.17) is 14.2 Å². The standard InChI is InChI=1S/C20H26O4/c1-22-16-11-9-15(10-12-16)20(18(21)23-17-7-3-4-8-17)19(24-20)13-5-2-6-14-19/h9-12,17H,2-8,13-14H2,1H3. The van der Waals surface area contributed by atoms with E-state index in [2.05, 4.69) is 0 Å². The number of ether oxygens (including phenoxy) is 3. The lowest BCUT2D eigenvalue weighted by Crippen LogP contribution is -2.36. The molecule has 1 aliphatic heterocycles. The van der Waals surface area contributed by atoms with Gasteiger partial charge in [-0.2, -0.15) is 0 Å². The summed E-state index contributed by atoms with van der Waals surface area (Å²) in [5.41, 5.74) is -0.342. The van der Waals surface area contributed by atoms with E-state index in [1.165, 1.54) is 6.42 Å². The van der Waals surface area contributed by atoms with E-state index < -0.39 is 5.60 Å². The Morgan fingerprint density at radius 3 is 2.33 bits per heavy atom. The fourth-order valence-corrected chi connectivity index (χ4v) is 4.58. The SMILES string of the molecule is COc1ccc(C2(C(=O)OC3CCCC3)OC23CCCCC3)cc1. The smallest absolute Gasteiger partial charge is 0.346 e. The van der Waals surface area contributed by atoms with Gasteiger partial charge in [0.15, 0.2) is 0 Å². The molecule has 1 spiro atoms. The first-order valence-electron chi connectivity index (χ1n) is 9.26. The van der Waals surface area contributed by atoms with Crippen molar-refractivity contribution in [2.24, 2.45) is 0 Å². The van der Waals surface area contributed by atoms with E-state index in [-0.39, 0.29) is 17.7 Å². The van der Waals surface area contributed by atoms with E-state index in [0.29, 0.717) is 0 Å². The second-order valence-corrected chi connectivity index (χ2v) is 7.38. The van der Waals surface area contributed by atoms with Gasteiger partial charge < -0.3 is 14.2 Å². The van der Waals surface area contributed by atoms with Crippen LogP contribution in [0.2, 0.25) is 0 Å². The lowest BCUT2D eigenvalue weighted by atomic mass is 9.77. The van der Waals surface area contributed by atoms with Gasteiger partial charge in [0.2, 0.25) is 5.60 Å². The fourth-order valence-electron chi connectivity index (χ4n) is 4.58. The Labute approximate surface area is 143 Å². The first-order valence-corrected chi connectivity index (χ1v) is 9.26. The quantitative estimate of drug-likeness (QED) is 0.616. The van der Waals surface area contributed by atoms with Crippen LogP contribution < -0.4 is 4.74 Å². The van der Waals surface area contributed by atoms with Crippen molar-refractivity contribution in [3.8, 4) is 5.75 Å². The Kier molecular flexibility index (Phi) is 4.03. The van der Waals surface area contributed by atoms with Crippen molar-refractivity contribution >= 4 is 5.97 Å². The molecule has 0 bridgehead atoms. The summed E-state index contributed by atoms with van der Waals surface area (Å²) in [6.07, 6.45) is 9.69. The minimum absolute atomic E-state index is 0.0671. The first-order chi connectivity index (χ1) is 11.7. The van der Waals surface area contributed by atoms with Crippen molar-refractivity contribution in [2.75, 3.05) is 7.11 Å². The maximum absolute atomic E-state index is 13.1. The number of methoxy groups -OCH3 is 1. The third-order valence-electron chi connectivity index (χ3n) is 5.97. The lowest BCUT2D eigenvalue weighted by Gasteiger charge is -2.24. The van der Waals surface area contributed by atoms with Gasteiger partial charge in [-0.25, -0.2) is 4.79 Å². The minimum atomic E-state index is -0.901. The molecule has 4 rings (SSSR count). The normalized spacial score (nSPS) is 28.7. The van der Waals surface area contributed by atoms with Gasteiger partial charge in [-0.3, -0.25) is 0 Å². The number of hydrogen-bond donors (Lipinski definition) is 0. The van der Waals surface area contributed by atoms with E-state index >= 15 is 0 Å². The van der Waals surface area contributed by atoms with Gasteiger partial charge in [-0.1, -0.05) is 31.4 Å². The van der Waals surface area contributed by atoms with Gasteiger partial charge in [0, 0.05) is 0 Å². The van der Waals surface area contributed by atoms with Crippen LogP contribution in [0, 0.1) is 0 Å². The molecule has 1 heterocycles. The van der Waals surface area contributed by atoms with Crippen molar-refractivity contribution in [1.29, 1.82) is 0 Å². The average Bonchev–Trinajstić information content (AvgIpc) is 2.98. The van der Waals surface area contributed by atoms with E-state index in [9.17, 15) is 4.79 Å². The summed E-state index contributed by atoms with van der Waals surface area (Å²) in [5, 5.41) is 0. The highest BCUT2D eigenvalue weighted by atomic mass is 16.7. The summed E-state index contributed by atoms with van der Waals surface area (Å²) in [4.78, 5) is 13.1. The van der Waals surface area contributed by atoms with Crippen molar-refractivity contribution in [3.05, 3.63) is 29.8 Å². The first kappa shape index (κ1) is 15.9. The molecule has 4 heteroatoms. The molecular formula is C20H26O4. The molecule has 130 valence electrons. The number of rotatable bonds is 4. The van der Waals surface area contributed by atoms with E-state index in [1.54, 1.807) is 7.11 Å². The van der Waals surface area contributed by atoms with Crippen molar-refractivity contribution in [2.45, 2.75) is 75.1 Å². The molecule has 1 aromatic rings. The lowest BCUT2D eigenvalue weighted by molar-refractivity contribution is -0.155. The van der Waals surface area contributed by atoms with Gasteiger partial charge in [-0.15, -0.1) is 0 Å². The number of hydrogen-bond acceptors (Lipinski definition) is 4. The van der Waals surface area contributed by atoms with Crippen LogP contribution >= 0.6 is 0 Å². The molecule has 0 aromatic heterocycles. The van der Waals surface area contributed by atoms with Crippen LogP contribution in [-0.4, -0.2) is 24.8 Å². The van der Waals surface area contributed by atoms with Crippen LogP contribution in [0.1, 0.15) is 63.4 Å². The molecule has 2 saturated carbocycles. The Balaban J connectivity index is 1.63. The second-order valence-electron chi connectivity index (χ2n) is 7.38. The van der Waals surface area contributed by atoms with E-state index in [1.807, 2.05) is 24.3 Å². The largest absolute Gasteiger partial charge is 0.497 e. The summed E-state index contributed by atoms with van der Waals surface area (Å²) in [6, 6.07) is 7.71. The average molecular weight is 330 g/mol. The molecule has 4 nitrogen and oxygen atoms in total. The molecule has 0 N–H and O–H groups in total. The monoisotopic (exact) mass is 330 g/mol. The maximum Gasteiger partial charge on any atom is 0.346 e. The molecule has 2 aliphatic carbocycles. The molecular weight excluding hydrogens is 304 g/mol. The van der Waals surface area contributed by atoms with E-state index in [0.717, 1.165) is 62.7 Å². The van der Waals surface area contributed by atoms with Crippen LogP contribution in [0.15, 0.2) is 24.3 Å². The molecule has 3 fully saturated rings. The zero-order valence-corrected chi connectivity index (χ0v) is 14.4. The molecule has 24 heavy (non-hydrogen) atoms. The van der Waals surface area contributed by atoms with Crippen molar-refractivity contribution in [3.63, 3.8) is 0 Å². The van der Waals surface area contributed by atoms with Crippen LogP contribution in [0.25, 0.3) is 0 Å². The molecule has 1 saturated heterocycles. The molecule has 1 aromatic carbocycles. The highest BCUT2D eigenvalue weighted by Gasteiger charge is 2.76. The minimum Gasteiger partial charge on any atom is -0.497 e. The van der Waals surface area contributed by atoms with Gasteiger partial charge >= 0.3 is 5.97 Å². The fraction of sp³-hybridized carbons (Fsp3) is 0.650. The third-order valence-corrected chi connectivity index (χ3v) is 5.97. The highest BCUT2D eigenvalue weighted by Crippen LogP contribution is 2.63. The predicted octanol–water partition coefficient (Wildman–Crippen LogP) is 4.11. The topological polar surface area (TPSA) is 48.1 Å². The van der Waals surface area contributed by atoms with Crippen LogP contribution in [0.3, 0.4) is 0 Å². The zero-order valence-electron chi connectivity index (χ0n) is 14.4. The highest BCUT2D eigenvalue weighted by molar-refractivity contribution is 5.87. The van der Waals surface area contributed by atoms with Gasteiger partial charge in [0.1, 0.15) is 17.5 Å². The maximum atomic E-state index is 13.1. The number of benzene rings is 1. The Morgan fingerprint density at radius 1 is 1.04 bits per heavy atom. The summed E-state index contributed by atoms with van der Waals surface area (Å²) in [7, 11) is 1.65. The van der Waals surface area contributed by atoms with Crippen molar-refractivity contribution < 1.29 is 19.0 Å². The Bertz CT molecular complexity index is 597. The number of carbonyl (C=O) groups excluding carboxylic acids is 1. The van der Waals surface area contributed by atoms with Crippen LogP contribution in [0.4, 0.5) is 0 Å². The molecule has 1 unspecified atom stereocenters. The van der Waals surface area contributed by atoms with Crippen molar-refractivity contribution in [1.82, 2.24) is 0 Å².